The maximum atomic E-state index is 12.7. The highest BCUT2D eigenvalue weighted by Crippen LogP contribution is 2.37. The first kappa shape index (κ1) is 35.4. The van der Waals surface area contributed by atoms with Crippen LogP contribution >= 0.6 is 0 Å². The summed E-state index contributed by atoms with van der Waals surface area (Å²) in [5.74, 6) is -0.215. The molecule has 0 radical (unpaired) electrons. The highest BCUT2D eigenvalue weighted by Gasteiger charge is 2.28. The molecule has 0 aliphatic carbocycles. The zero-order chi connectivity index (χ0) is 33.3. The van der Waals surface area contributed by atoms with Gasteiger partial charge in [-0.3, -0.25) is 9.69 Å². The first-order valence-electron chi connectivity index (χ1n) is 17.0. The number of benzene rings is 2. The summed E-state index contributed by atoms with van der Waals surface area (Å²) in [5.41, 5.74) is 7.78. The Balaban J connectivity index is 0.000000310. The fourth-order valence-electron chi connectivity index (χ4n) is 6.37. The van der Waals surface area contributed by atoms with Crippen LogP contribution in [0.2, 0.25) is 0 Å². The smallest absolute Gasteiger partial charge is 0.410 e. The van der Waals surface area contributed by atoms with Gasteiger partial charge >= 0.3 is 12.1 Å². The minimum absolute atomic E-state index is 0.0583. The number of carbonyl (C=O) groups is 2. The Morgan fingerprint density at radius 3 is 2.48 bits per heavy atom. The Morgan fingerprint density at radius 2 is 1.78 bits per heavy atom. The normalized spacial score (nSPS) is 15.9. The lowest BCUT2D eigenvalue weighted by Gasteiger charge is -2.32. The molecular formula is C36H54N6O4. The van der Waals surface area contributed by atoms with Crippen molar-refractivity contribution in [1.29, 1.82) is 0 Å². The molecule has 3 aromatic rings. The van der Waals surface area contributed by atoms with Crippen LogP contribution in [0, 0.1) is 6.92 Å². The van der Waals surface area contributed by atoms with Gasteiger partial charge in [-0.15, -0.1) is 5.10 Å². The quantitative estimate of drug-likeness (QED) is 0.235. The van der Waals surface area contributed by atoms with Crippen LogP contribution in [0.3, 0.4) is 0 Å². The number of nitrogens with one attached hydrogen (secondary N) is 1. The molecular weight excluding hydrogens is 580 g/mol. The van der Waals surface area contributed by atoms with Crippen LogP contribution in [0.1, 0.15) is 94.0 Å². The molecule has 0 spiro atoms. The van der Waals surface area contributed by atoms with Gasteiger partial charge in [-0.25, -0.2) is 9.48 Å². The van der Waals surface area contributed by atoms with E-state index in [1.54, 1.807) is 9.58 Å². The van der Waals surface area contributed by atoms with Crippen LogP contribution in [-0.2, 0) is 34.3 Å². The largest absolute Gasteiger partial charge is 0.466 e. The van der Waals surface area contributed by atoms with Crippen molar-refractivity contribution in [3.8, 4) is 0 Å². The molecule has 0 saturated carbocycles. The van der Waals surface area contributed by atoms with Gasteiger partial charge in [0.25, 0.3) is 0 Å². The Labute approximate surface area is 274 Å². The van der Waals surface area contributed by atoms with Gasteiger partial charge in [-0.1, -0.05) is 49.2 Å². The standard InChI is InChI=1S/C27H36N4O2.C9H18N2O2/c1-5-7-8-15-31-16-14-22-20(18-31)10-9-11-23(22)24(17-26(32)33-6-2)21-12-13-25-27(19(21)3)28-29-30(25)4;1-9(2,3)13-8(12)11-6-4-10-5-7-11/h9-13,24H,5-8,14-18H2,1-4H3;10H,4-7H2,1-3H3. The third-order valence-electron chi connectivity index (χ3n) is 8.73. The van der Waals surface area contributed by atoms with E-state index in [9.17, 15) is 9.59 Å². The average molecular weight is 635 g/mol. The molecule has 2 aliphatic rings. The fourth-order valence-corrected chi connectivity index (χ4v) is 6.37. The Morgan fingerprint density at radius 1 is 1.02 bits per heavy atom. The first-order valence-corrected chi connectivity index (χ1v) is 17.0. The fraction of sp³-hybridized carbons (Fsp3) is 0.611. The third-order valence-corrected chi connectivity index (χ3v) is 8.73. The van der Waals surface area contributed by atoms with E-state index in [1.165, 1.54) is 36.0 Å². The number of ether oxygens (including phenoxy) is 2. The molecule has 1 amide bonds. The number of rotatable bonds is 9. The van der Waals surface area contributed by atoms with E-state index in [4.69, 9.17) is 9.47 Å². The maximum Gasteiger partial charge on any atom is 0.410 e. The summed E-state index contributed by atoms with van der Waals surface area (Å²) in [4.78, 5) is 28.5. The van der Waals surface area contributed by atoms with Crippen LogP contribution in [-0.4, -0.2) is 88.3 Å². The minimum Gasteiger partial charge on any atom is -0.466 e. The number of esters is 1. The van der Waals surface area contributed by atoms with Crippen molar-refractivity contribution in [2.45, 2.75) is 91.7 Å². The molecule has 1 saturated heterocycles. The van der Waals surface area contributed by atoms with Crippen molar-refractivity contribution >= 4 is 23.1 Å². The monoisotopic (exact) mass is 634 g/mol. The number of nitrogens with zero attached hydrogens (tertiary/aromatic N) is 5. The van der Waals surface area contributed by atoms with E-state index in [1.807, 2.05) is 34.7 Å². The van der Waals surface area contributed by atoms with Gasteiger partial charge in [0.2, 0.25) is 0 Å². The molecule has 1 N–H and O–H groups in total. The van der Waals surface area contributed by atoms with Crippen LogP contribution in [0.15, 0.2) is 30.3 Å². The first-order chi connectivity index (χ1) is 22.0. The molecule has 252 valence electrons. The number of hydrogen-bond donors (Lipinski definition) is 1. The lowest BCUT2D eigenvalue weighted by atomic mass is 9.80. The number of fused-ring (bicyclic) bond motifs is 2. The number of aryl methyl sites for hydroxylation is 2. The topological polar surface area (TPSA) is 102 Å². The van der Waals surface area contributed by atoms with Gasteiger partial charge in [-0.05, 0) is 87.9 Å². The van der Waals surface area contributed by atoms with E-state index in [0.29, 0.717) is 13.0 Å². The molecule has 10 nitrogen and oxygen atoms in total. The van der Waals surface area contributed by atoms with Gasteiger partial charge in [0.1, 0.15) is 11.1 Å². The second kappa shape index (κ2) is 16.4. The van der Waals surface area contributed by atoms with Crippen LogP contribution < -0.4 is 5.32 Å². The van der Waals surface area contributed by atoms with E-state index in [0.717, 1.165) is 74.4 Å². The van der Waals surface area contributed by atoms with Gasteiger partial charge in [0, 0.05) is 52.2 Å². The lowest BCUT2D eigenvalue weighted by molar-refractivity contribution is -0.143. The van der Waals surface area contributed by atoms with Gasteiger partial charge in [0.15, 0.2) is 0 Å². The molecule has 1 aromatic heterocycles. The summed E-state index contributed by atoms with van der Waals surface area (Å²) >= 11 is 0. The number of hydrogen-bond acceptors (Lipinski definition) is 8. The third kappa shape index (κ3) is 9.28. The predicted octanol–water partition coefficient (Wildman–Crippen LogP) is 5.74. The van der Waals surface area contributed by atoms with E-state index in [2.05, 4.69) is 64.7 Å². The maximum absolute atomic E-state index is 12.7. The Kier molecular flexibility index (Phi) is 12.6. The second-order valence-corrected chi connectivity index (χ2v) is 13.4. The molecule has 2 aromatic carbocycles. The summed E-state index contributed by atoms with van der Waals surface area (Å²) < 4.78 is 12.4. The SMILES string of the molecule is CC(C)(C)OC(=O)N1CCNCC1.CCCCCN1CCc2c(cccc2C(CC(=O)OCC)c2ccc3c(nnn3C)c2C)C1. The van der Waals surface area contributed by atoms with E-state index in [-0.39, 0.29) is 23.6 Å². The summed E-state index contributed by atoms with van der Waals surface area (Å²) in [5, 5.41) is 11.8. The predicted molar refractivity (Wildman–Crippen MR) is 182 cm³/mol. The number of piperazine rings is 1. The molecule has 10 heteroatoms. The molecule has 2 aliphatic heterocycles. The molecule has 1 atom stereocenters. The van der Waals surface area contributed by atoms with E-state index >= 15 is 0 Å². The summed E-state index contributed by atoms with van der Waals surface area (Å²) in [6.45, 7) is 18.7. The van der Waals surface area contributed by atoms with Crippen molar-refractivity contribution in [1.82, 2.24) is 30.1 Å². The van der Waals surface area contributed by atoms with Gasteiger partial charge < -0.3 is 19.7 Å². The minimum atomic E-state index is -0.387. The summed E-state index contributed by atoms with van der Waals surface area (Å²) in [7, 11) is 1.91. The number of aromatic nitrogens is 3. The van der Waals surface area contributed by atoms with Crippen molar-refractivity contribution in [2.24, 2.45) is 7.05 Å². The molecule has 1 fully saturated rings. The average Bonchev–Trinajstić information content (AvgIpc) is 3.41. The molecule has 1 unspecified atom stereocenters. The zero-order valence-electron chi connectivity index (χ0n) is 29.0. The van der Waals surface area contributed by atoms with Gasteiger partial charge in [0.05, 0.1) is 18.5 Å². The van der Waals surface area contributed by atoms with Crippen LogP contribution in [0.4, 0.5) is 4.79 Å². The van der Waals surface area contributed by atoms with E-state index < -0.39 is 0 Å². The summed E-state index contributed by atoms with van der Waals surface area (Å²) in [6, 6.07) is 10.8. The Hall–Kier alpha value is -3.50. The van der Waals surface area contributed by atoms with Crippen LogP contribution in [0.5, 0.6) is 0 Å². The van der Waals surface area contributed by atoms with Crippen molar-refractivity contribution in [3.63, 3.8) is 0 Å². The molecule has 3 heterocycles. The zero-order valence-corrected chi connectivity index (χ0v) is 29.0. The molecule has 46 heavy (non-hydrogen) atoms. The number of unbranched alkanes of at least 4 members (excludes halogenated alkanes) is 2. The van der Waals surface area contributed by atoms with Gasteiger partial charge in [-0.2, -0.15) is 0 Å². The van der Waals surface area contributed by atoms with Crippen molar-refractivity contribution in [3.05, 3.63) is 58.1 Å². The molecule has 0 bridgehead atoms. The lowest BCUT2D eigenvalue weighted by Crippen LogP contribution is -2.48. The van der Waals surface area contributed by atoms with Crippen molar-refractivity contribution in [2.75, 3.05) is 45.9 Å². The molecule has 5 rings (SSSR count). The summed E-state index contributed by atoms with van der Waals surface area (Å²) in [6.07, 6.45) is 4.94. The highest BCUT2D eigenvalue weighted by molar-refractivity contribution is 5.80. The van der Waals surface area contributed by atoms with Crippen molar-refractivity contribution < 1.29 is 19.1 Å². The second-order valence-electron chi connectivity index (χ2n) is 13.4. The van der Waals surface area contributed by atoms with Crippen LogP contribution in [0.25, 0.3) is 11.0 Å². The number of amides is 1. The highest BCUT2D eigenvalue weighted by atomic mass is 16.6. The Bertz CT molecular complexity index is 1460. The number of carbonyl (C=O) groups excluding carboxylic acids is 2.